The highest BCUT2D eigenvalue weighted by Crippen LogP contribution is 2.24. The molecule has 1 aliphatic rings. The van der Waals surface area contributed by atoms with E-state index >= 15 is 0 Å². The van der Waals surface area contributed by atoms with E-state index in [2.05, 4.69) is 16.8 Å². The SMILES string of the molecule is CN1CCN(C(C(N)=S)c2ccc(O)cc2)CC1. The number of aromatic hydroxyl groups is 1. The first-order valence-electron chi connectivity index (χ1n) is 6.09. The number of nitrogens with zero attached hydrogens (tertiary/aromatic N) is 2. The predicted molar refractivity (Wildman–Crippen MR) is 76.7 cm³/mol. The number of phenolic OH excluding ortho intramolecular Hbond substituents is 1. The first-order valence-corrected chi connectivity index (χ1v) is 6.49. The van der Waals surface area contributed by atoms with E-state index in [1.807, 2.05) is 12.1 Å². The second kappa shape index (κ2) is 5.65. The van der Waals surface area contributed by atoms with Gasteiger partial charge in [0.05, 0.1) is 11.0 Å². The van der Waals surface area contributed by atoms with Crippen molar-refractivity contribution in [1.82, 2.24) is 9.80 Å². The second-order valence-corrected chi connectivity index (χ2v) is 5.21. The van der Waals surface area contributed by atoms with Crippen LogP contribution in [0.25, 0.3) is 0 Å². The van der Waals surface area contributed by atoms with Crippen molar-refractivity contribution in [2.24, 2.45) is 5.73 Å². The number of thiocarbonyl (C=S) groups is 1. The van der Waals surface area contributed by atoms with Crippen LogP contribution < -0.4 is 5.73 Å². The molecule has 1 saturated heterocycles. The third-order valence-electron chi connectivity index (χ3n) is 3.38. The molecule has 0 spiro atoms. The molecule has 1 aromatic rings. The van der Waals surface area contributed by atoms with E-state index in [0.717, 1.165) is 31.7 Å². The molecule has 1 unspecified atom stereocenters. The minimum absolute atomic E-state index is 0.0331. The fourth-order valence-corrected chi connectivity index (χ4v) is 2.58. The number of phenols is 1. The van der Waals surface area contributed by atoms with E-state index in [1.54, 1.807) is 12.1 Å². The quantitative estimate of drug-likeness (QED) is 0.798. The lowest BCUT2D eigenvalue weighted by Gasteiger charge is -2.37. The van der Waals surface area contributed by atoms with Gasteiger partial charge in [0.2, 0.25) is 0 Å². The third-order valence-corrected chi connectivity index (χ3v) is 3.60. The van der Waals surface area contributed by atoms with Crippen molar-refractivity contribution in [3.05, 3.63) is 29.8 Å². The van der Waals surface area contributed by atoms with Crippen LogP contribution in [-0.4, -0.2) is 53.1 Å². The van der Waals surface area contributed by atoms with Crippen molar-refractivity contribution < 1.29 is 5.11 Å². The van der Waals surface area contributed by atoms with Crippen LogP contribution in [0.5, 0.6) is 5.75 Å². The summed E-state index contributed by atoms with van der Waals surface area (Å²) < 4.78 is 0. The number of nitrogens with two attached hydrogens (primary N) is 1. The Balaban J connectivity index is 2.18. The van der Waals surface area contributed by atoms with Crippen molar-refractivity contribution in [1.29, 1.82) is 0 Å². The minimum Gasteiger partial charge on any atom is -0.508 e. The zero-order chi connectivity index (χ0) is 13.1. The van der Waals surface area contributed by atoms with Crippen molar-refractivity contribution >= 4 is 17.2 Å². The molecule has 0 amide bonds. The Kier molecular flexibility index (Phi) is 4.16. The Bertz CT molecular complexity index is 413. The van der Waals surface area contributed by atoms with Gasteiger partial charge in [0.25, 0.3) is 0 Å². The van der Waals surface area contributed by atoms with Crippen LogP contribution in [0.4, 0.5) is 0 Å². The van der Waals surface area contributed by atoms with E-state index in [0.29, 0.717) is 4.99 Å². The van der Waals surface area contributed by atoms with Crippen LogP contribution in [0.1, 0.15) is 11.6 Å². The van der Waals surface area contributed by atoms with Crippen molar-refractivity contribution in [3.63, 3.8) is 0 Å². The lowest BCUT2D eigenvalue weighted by Crippen LogP contribution is -2.48. The summed E-state index contributed by atoms with van der Waals surface area (Å²) in [5.74, 6) is 0.263. The standard InChI is InChI=1S/C13H19N3OS/c1-15-6-8-16(9-7-15)12(13(14)18)10-2-4-11(17)5-3-10/h2-5,12,17H,6-9H2,1H3,(H2,14,18). The fraction of sp³-hybridized carbons (Fsp3) is 0.462. The average Bonchev–Trinajstić information content (AvgIpc) is 2.34. The molecule has 0 radical (unpaired) electrons. The number of hydrogen-bond donors (Lipinski definition) is 2. The third kappa shape index (κ3) is 2.98. The molecule has 1 aliphatic heterocycles. The van der Waals surface area contributed by atoms with Gasteiger partial charge in [-0.25, -0.2) is 0 Å². The van der Waals surface area contributed by atoms with Crippen molar-refractivity contribution in [2.75, 3.05) is 33.2 Å². The Morgan fingerprint density at radius 2 is 1.78 bits per heavy atom. The Labute approximate surface area is 113 Å². The first kappa shape index (κ1) is 13.3. The molecule has 1 atom stereocenters. The molecular formula is C13H19N3OS. The van der Waals surface area contributed by atoms with Gasteiger partial charge in [-0.3, -0.25) is 4.90 Å². The number of piperazine rings is 1. The number of hydrogen-bond acceptors (Lipinski definition) is 4. The average molecular weight is 265 g/mol. The van der Waals surface area contributed by atoms with Gasteiger partial charge in [0, 0.05) is 26.2 Å². The van der Waals surface area contributed by atoms with Gasteiger partial charge in [-0.15, -0.1) is 0 Å². The summed E-state index contributed by atoms with van der Waals surface area (Å²) in [5, 5.41) is 9.34. The first-order chi connectivity index (χ1) is 8.58. The summed E-state index contributed by atoms with van der Waals surface area (Å²) in [6.45, 7) is 3.97. The highest BCUT2D eigenvalue weighted by atomic mass is 32.1. The van der Waals surface area contributed by atoms with Crippen molar-refractivity contribution in [3.8, 4) is 5.75 Å². The molecule has 98 valence electrons. The zero-order valence-electron chi connectivity index (χ0n) is 10.5. The van der Waals surface area contributed by atoms with Crippen LogP contribution in [0, 0.1) is 0 Å². The fourth-order valence-electron chi connectivity index (χ4n) is 2.29. The van der Waals surface area contributed by atoms with E-state index < -0.39 is 0 Å². The molecule has 1 aromatic carbocycles. The number of rotatable bonds is 3. The van der Waals surface area contributed by atoms with Gasteiger partial charge in [-0.2, -0.15) is 0 Å². The summed E-state index contributed by atoms with van der Waals surface area (Å²) in [5.41, 5.74) is 6.93. The highest BCUT2D eigenvalue weighted by Gasteiger charge is 2.25. The van der Waals surface area contributed by atoms with E-state index in [4.69, 9.17) is 18.0 Å². The molecule has 0 saturated carbocycles. The molecule has 1 fully saturated rings. The molecule has 1 heterocycles. The summed E-state index contributed by atoms with van der Waals surface area (Å²) in [7, 11) is 2.12. The van der Waals surface area contributed by atoms with Gasteiger partial charge in [-0.05, 0) is 24.7 Å². The van der Waals surface area contributed by atoms with E-state index in [-0.39, 0.29) is 11.8 Å². The predicted octanol–water partition coefficient (Wildman–Crippen LogP) is 0.967. The Hall–Kier alpha value is -1.17. The smallest absolute Gasteiger partial charge is 0.115 e. The number of likely N-dealkylation sites (N-methyl/N-ethyl adjacent to an activating group) is 1. The van der Waals surface area contributed by atoms with Crippen LogP contribution in [0.3, 0.4) is 0 Å². The van der Waals surface area contributed by atoms with Crippen LogP contribution in [0.15, 0.2) is 24.3 Å². The highest BCUT2D eigenvalue weighted by molar-refractivity contribution is 7.80. The molecule has 0 aliphatic carbocycles. The zero-order valence-corrected chi connectivity index (χ0v) is 11.4. The largest absolute Gasteiger partial charge is 0.508 e. The normalized spacial score (nSPS) is 19.6. The second-order valence-electron chi connectivity index (χ2n) is 4.74. The maximum Gasteiger partial charge on any atom is 0.115 e. The van der Waals surface area contributed by atoms with Gasteiger partial charge in [-0.1, -0.05) is 24.4 Å². The van der Waals surface area contributed by atoms with Crippen LogP contribution in [0.2, 0.25) is 0 Å². The summed E-state index contributed by atoms with van der Waals surface area (Å²) >= 11 is 5.20. The van der Waals surface area contributed by atoms with Crippen LogP contribution in [-0.2, 0) is 0 Å². The maximum atomic E-state index is 9.34. The van der Waals surface area contributed by atoms with E-state index in [9.17, 15) is 5.11 Å². The van der Waals surface area contributed by atoms with Crippen LogP contribution >= 0.6 is 12.2 Å². The number of benzene rings is 1. The summed E-state index contributed by atoms with van der Waals surface area (Å²) in [4.78, 5) is 5.09. The molecule has 0 bridgehead atoms. The van der Waals surface area contributed by atoms with Gasteiger partial charge >= 0.3 is 0 Å². The molecule has 2 rings (SSSR count). The lowest BCUT2D eigenvalue weighted by molar-refractivity contribution is 0.137. The topological polar surface area (TPSA) is 52.7 Å². The molecule has 3 N–H and O–H groups in total. The molecular weight excluding hydrogens is 246 g/mol. The van der Waals surface area contributed by atoms with E-state index in [1.165, 1.54) is 0 Å². The maximum absolute atomic E-state index is 9.34. The van der Waals surface area contributed by atoms with Gasteiger partial charge < -0.3 is 15.7 Å². The minimum atomic E-state index is -0.0331. The van der Waals surface area contributed by atoms with Gasteiger partial charge in [0.15, 0.2) is 0 Å². The molecule has 4 nitrogen and oxygen atoms in total. The molecule has 5 heteroatoms. The monoisotopic (exact) mass is 265 g/mol. The summed E-state index contributed by atoms with van der Waals surface area (Å²) in [6, 6.07) is 7.09. The Morgan fingerprint density at radius 3 is 2.28 bits per heavy atom. The Morgan fingerprint density at radius 1 is 1.22 bits per heavy atom. The molecule has 18 heavy (non-hydrogen) atoms. The van der Waals surface area contributed by atoms with Gasteiger partial charge in [0.1, 0.15) is 5.75 Å². The summed E-state index contributed by atoms with van der Waals surface area (Å²) in [6.07, 6.45) is 0. The van der Waals surface area contributed by atoms with Crippen molar-refractivity contribution in [2.45, 2.75) is 6.04 Å². The molecule has 0 aromatic heterocycles. The lowest BCUT2D eigenvalue weighted by atomic mass is 10.0.